The zero-order valence-corrected chi connectivity index (χ0v) is 11.3. The molecule has 1 unspecified atom stereocenters. The SMILES string of the molecule is Cc1ccn[n+](CC(C)c2ccc(C#N)nn2)c1C. The molecule has 0 amide bonds. The molecule has 1 atom stereocenters. The van der Waals surface area contributed by atoms with Crippen molar-refractivity contribution in [2.45, 2.75) is 33.2 Å². The first kappa shape index (κ1) is 13.1. The van der Waals surface area contributed by atoms with Crippen LogP contribution in [0.4, 0.5) is 0 Å². The standard InChI is InChI=1S/C14H16N5/c1-10-6-7-16-19(12(10)3)9-11(2)14-5-4-13(8-15)17-18-14/h4-7,11H,9H2,1-3H3/q+1. The second kappa shape index (κ2) is 5.53. The first-order chi connectivity index (χ1) is 9.11. The minimum Gasteiger partial charge on any atom is -0.191 e. The maximum absolute atomic E-state index is 8.70. The first-order valence-corrected chi connectivity index (χ1v) is 6.18. The van der Waals surface area contributed by atoms with Gasteiger partial charge >= 0.3 is 0 Å². The zero-order valence-electron chi connectivity index (χ0n) is 11.3. The molecule has 96 valence electrons. The maximum atomic E-state index is 8.70. The highest BCUT2D eigenvalue weighted by atomic mass is 15.3. The number of nitrogens with zero attached hydrogens (tertiary/aromatic N) is 5. The number of hydrogen-bond donors (Lipinski definition) is 0. The summed E-state index contributed by atoms with van der Waals surface area (Å²) >= 11 is 0. The monoisotopic (exact) mass is 254 g/mol. The van der Waals surface area contributed by atoms with Crippen LogP contribution in [0, 0.1) is 25.2 Å². The highest BCUT2D eigenvalue weighted by Gasteiger charge is 2.18. The Morgan fingerprint density at radius 3 is 2.68 bits per heavy atom. The summed E-state index contributed by atoms with van der Waals surface area (Å²) in [6.07, 6.45) is 1.81. The third-order valence-corrected chi connectivity index (χ3v) is 3.24. The van der Waals surface area contributed by atoms with Gasteiger partial charge in [0, 0.05) is 12.5 Å². The Bertz CT molecular complexity index is 613. The molecule has 0 radical (unpaired) electrons. The van der Waals surface area contributed by atoms with Gasteiger partial charge in [-0.1, -0.05) is 11.6 Å². The van der Waals surface area contributed by atoms with Gasteiger partial charge in [-0.3, -0.25) is 0 Å². The Hall–Kier alpha value is -2.35. The molecule has 0 spiro atoms. The normalized spacial score (nSPS) is 11.9. The van der Waals surface area contributed by atoms with Crippen molar-refractivity contribution >= 4 is 0 Å². The minimum atomic E-state index is 0.193. The second-order valence-corrected chi connectivity index (χ2v) is 4.64. The summed E-state index contributed by atoms with van der Waals surface area (Å²) < 4.78 is 1.97. The van der Waals surface area contributed by atoms with Gasteiger partial charge in [-0.05, 0) is 30.2 Å². The quantitative estimate of drug-likeness (QED) is 0.778. The van der Waals surface area contributed by atoms with Gasteiger partial charge in [0.1, 0.15) is 6.07 Å². The number of hydrogen-bond acceptors (Lipinski definition) is 4. The van der Waals surface area contributed by atoms with Crippen LogP contribution in [0.1, 0.15) is 35.5 Å². The topological polar surface area (TPSA) is 66.3 Å². The van der Waals surface area contributed by atoms with Crippen molar-refractivity contribution in [3.63, 3.8) is 0 Å². The summed E-state index contributed by atoms with van der Waals surface area (Å²) in [6, 6.07) is 7.51. The predicted molar refractivity (Wildman–Crippen MR) is 69.1 cm³/mol. The van der Waals surface area contributed by atoms with Gasteiger partial charge in [0.05, 0.1) is 17.8 Å². The molecule has 5 nitrogen and oxygen atoms in total. The lowest BCUT2D eigenvalue weighted by Crippen LogP contribution is -2.43. The van der Waals surface area contributed by atoms with E-state index in [0.29, 0.717) is 5.69 Å². The fraction of sp³-hybridized carbons (Fsp3) is 0.357. The highest BCUT2D eigenvalue weighted by Crippen LogP contribution is 2.12. The highest BCUT2D eigenvalue weighted by molar-refractivity contribution is 5.20. The molecule has 2 rings (SSSR count). The molecule has 0 saturated heterocycles. The van der Waals surface area contributed by atoms with E-state index in [1.165, 1.54) is 5.56 Å². The molecule has 0 N–H and O–H groups in total. The van der Waals surface area contributed by atoms with Gasteiger partial charge in [-0.2, -0.15) is 10.4 Å². The first-order valence-electron chi connectivity index (χ1n) is 6.18. The van der Waals surface area contributed by atoms with Crippen LogP contribution in [0.2, 0.25) is 0 Å². The predicted octanol–water partition coefficient (Wildman–Crippen LogP) is 1.45. The van der Waals surface area contributed by atoms with E-state index in [-0.39, 0.29) is 5.92 Å². The van der Waals surface area contributed by atoms with Crippen LogP contribution in [-0.4, -0.2) is 15.3 Å². The molecule has 0 aliphatic heterocycles. The van der Waals surface area contributed by atoms with Gasteiger partial charge in [0.2, 0.25) is 5.69 Å². The lowest BCUT2D eigenvalue weighted by Gasteiger charge is -2.07. The van der Waals surface area contributed by atoms with Gasteiger partial charge in [0.15, 0.2) is 12.2 Å². The molecular formula is C14H16N5+. The van der Waals surface area contributed by atoms with E-state index in [9.17, 15) is 0 Å². The average molecular weight is 254 g/mol. The summed E-state index contributed by atoms with van der Waals surface area (Å²) in [5.41, 5.74) is 3.58. The molecule has 0 fully saturated rings. The van der Waals surface area contributed by atoms with Crippen LogP contribution in [0.15, 0.2) is 24.4 Å². The summed E-state index contributed by atoms with van der Waals surface area (Å²) in [6.45, 7) is 6.94. The fourth-order valence-corrected chi connectivity index (χ4v) is 1.84. The van der Waals surface area contributed by atoms with Crippen molar-refractivity contribution in [3.8, 4) is 6.07 Å². The largest absolute Gasteiger partial charge is 0.208 e. The Labute approximate surface area is 112 Å². The van der Waals surface area contributed by atoms with E-state index in [2.05, 4.69) is 36.1 Å². The number of rotatable bonds is 3. The lowest BCUT2D eigenvalue weighted by molar-refractivity contribution is -0.761. The molecule has 0 bridgehead atoms. The smallest absolute Gasteiger partial charge is 0.191 e. The number of aromatic nitrogens is 4. The molecule has 0 aliphatic carbocycles. The van der Waals surface area contributed by atoms with Gasteiger partial charge < -0.3 is 0 Å². The number of nitriles is 1. The summed E-state index contributed by atoms with van der Waals surface area (Å²) in [5.74, 6) is 0.193. The van der Waals surface area contributed by atoms with E-state index in [1.54, 1.807) is 12.3 Å². The van der Waals surface area contributed by atoms with Crippen molar-refractivity contribution in [3.05, 3.63) is 47.0 Å². The fourth-order valence-electron chi connectivity index (χ4n) is 1.84. The van der Waals surface area contributed by atoms with Crippen molar-refractivity contribution in [2.75, 3.05) is 0 Å². The Morgan fingerprint density at radius 1 is 1.26 bits per heavy atom. The van der Waals surface area contributed by atoms with E-state index in [0.717, 1.165) is 17.9 Å². The summed E-state index contributed by atoms with van der Waals surface area (Å²) in [7, 11) is 0. The lowest BCUT2D eigenvalue weighted by atomic mass is 10.1. The van der Waals surface area contributed by atoms with E-state index in [1.807, 2.05) is 22.9 Å². The van der Waals surface area contributed by atoms with E-state index < -0.39 is 0 Å². The van der Waals surface area contributed by atoms with Crippen LogP contribution >= 0.6 is 0 Å². The second-order valence-electron chi connectivity index (χ2n) is 4.64. The molecule has 5 heteroatoms. The molecule has 0 saturated carbocycles. The van der Waals surface area contributed by atoms with E-state index in [4.69, 9.17) is 5.26 Å². The van der Waals surface area contributed by atoms with Crippen molar-refractivity contribution in [2.24, 2.45) is 0 Å². The Balaban J connectivity index is 2.18. The van der Waals surface area contributed by atoms with Gasteiger partial charge in [0.25, 0.3) is 0 Å². The summed E-state index contributed by atoms with van der Waals surface area (Å²) in [5, 5.41) is 21.0. The van der Waals surface area contributed by atoms with Crippen LogP contribution < -0.4 is 4.68 Å². The molecule has 2 aromatic heterocycles. The molecule has 2 aromatic rings. The van der Waals surface area contributed by atoms with Crippen LogP contribution in [0.3, 0.4) is 0 Å². The molecule has 2 heterocycles. The molecule has 0 aliphatic rings. The maximum Gasteiger partial charge on any atom is 0.208 e. The van der Waals surface area contributed by atoms with E-state index >= 15 is 0 Å². The van der Waals surface area contributed by atoms with Gasteiger partial charge in [-0.15, -0.1) is 5.10 Å². The van der Waals surface area contributed by atoms with Crippen LogP contribution in [0.25, 0.3) is 0 Å². The van der Waals surface area contributed by atoms with Crippen LogP contribution in [-0.2, 0) is 6.54 Å². The Kier molecular flexibility index (Phi) is 3.81. The van der Waals surface area contributed by atoms with Crippen molar-refractivity contribution in [1.82, 2.24) is 15.3 Å². The molecule has 0 aromatic carbocycles. The molecule has 19 heavy (non-hydrogen) atoms. The third kappa shape index (κ3) is 2.91. The van der Waals surface area contributed by atoms with Gasteiger partial charge in [-0.25, -0.2) is 0 Å². The molecular weight excluding hydrogens is 238 g/mol. The Morgan fingerprint density at radius 2 is 2.05 bits per heavy atom. The minimum absolute atomic E-state index is 0.193. The third-order valence-electron chi connectivity index (χ3n) is 3.24. The van der Waals surface area contributed by atoms with Crippen LogP contribution in [0.5, 0.6) is 0 Å². The summed E-state index contributed by atoms with van der Waals surface area (Å²) in [4.78, 5) is 0. The zero-order chi connectivity index (χ0) is 13.8. The van der Waals surface area contributed by atoms with Crippen molar-refractivity contribution < 1.29 is 4.68 Å². The number of aryl methyl sites for hydroxylation is 1. The average Bonchev–Trinajstić information content (AvgIpc) is 2.44. The van der Waals surface area contributed by atoms with Crippen molar-refractivity contribution in [1.29, 1.82) is 5.26 Å².